The summed E-state index contributed by atoms with van der Waals surface area (Å²) in [6.07, 6.45) is 3.47. The predicted molar refractivity (Wildman–Crippen MR) is 66.9 cm³/mol. The molecule has 6 nitrogen and oxygen atoms in total. The highest BCUT2D eigenvalue weighted by molar-refractivity contribution is 5.34. The number of nitrogens with zero attached hydrogens (tertiary/aromatic N) is 2. The average molecular weight is 246 g/mol. The van der Waals surface area contributed by atoms with Crippen LogP contribution in [0.2, 0.25) is 0 Å². The van der Waals surface area contributed by atoms with Crippen LogP contribution in [0.3, 0.4) is 0 Å². The predicted octanol–water partition coefficient (Wildman–Crippen LogP) is 2.17. The summed E-state index contributed by atoms with van der Waals surface area (Å²) >= 11 is 0. The van der Waals surface area contributed by atoms with E-state index in [2.05, 4.69) is 15.3 Å². The third-order valence-electron chi connectivity index (χ3n) is 2.73. The van der Waals surface area contributed by atoms with Crippen molar-refractivity contribution in [1.82, 2.24) is 15.3 Å². The van der Waals surface area contributed by atoms with Gasteiger partial charge >= 0.3 is 0 Å². The van der Waals surface area contributed by atoms with E-state index >= 15 is 0 Å². The summed E-state index contributed by atoms with van der Waals surface area (Å²) in [7, 11) is 0. The minimum absolute atomic E-state index is 0.107. The highest BCUT2D eigenvalue weighted by atomic mass is 16.6. The number of hydrogen-bond acceptors (Lipinski definition) is 4. The van der Waals surface area contributed by atoms with Gasteiger partial charge in [-0.3, -0.25) is 10.1 Å². The standard InChI is InChI=1S/C12H14N4O2/c1-9(15-8-12-13-6-7-14-12)10-2-4-11(5-3-10)16(17)18/h2-7,9,15H,8H2,1H3,(H,13,14). The van der Waals surface area contributed by atoms with E-state index in [1.54, 1.807) is 24.5 Å². The molecule has 18 heavy (non-hydrogen) atoms. The van der Waals surface area contributed by atoms with Crippen molar-refractivity contribution in [3.63, 3.8) is 0 Å². The molecule has 6 heteroatoms. The van der Waals surface area contributed by atoms with Gasteiger partial charge in [-0.15, -0.1) is 0 Å². The monoisotopic (exact) mass is 246 g/mol. The number of nitro groups is 1. The van der Waals surface area contributed by atoms with Gasteiger partial charge in [0.15, 0.2) is 0 Å². The normalized spacial score (nSPS) is 12.3. The van der Waals surface area contributed by atoms with Crippen LogP contribution in [0.15, 0.2) is 36.7 Å². The van der Waals surface area contributed by atoms with E-state index in [-0.39, 0.29) is 11.7 Å². The Bertz CT molecular complexity index is 507. The molecule has 0 aliphatic carbocycles. The van der Waals surface area contributed by atoms with E-state index in [0.29, 0.717) is 6.54 Å². The number of H-pyrrole nitrogens is 1. The Hall–Kier alpha value is -2.21. The first kappa shape index (κ1) is 12.3. The fourth-order valence-electron chi connectivity index (χ4n) is 1.65. The van der Waals surface area contributed by atoms with Crippen molar-refractivity contribution in [2.75, 3.05) is 0 Å². The number of benzene rings is 1. The molecule has 1 aromatic heterocycles. The number of non-ortho nitro benzene ring substituents is 1. The number of nitrogens with one attached hydrogen (secondary N) is 2. The first-order chi connectivity index (χ1) is 8.66. The molecule has 0 saturated heterocycles. The lowest BCUT2D eigenvalue weighted by Crippen LogP contribution is -2.18. The largest absolute Gasteiger partial charge is 0.348 e. The van der Waals surface area contributed by atoms with Gasteiger partial charge in [0.2, 0.25) is 0 Å². The molecule has 1 atom stereocenters. The fourth-order valence-corrected chi connectivity index (χ4v) is 1.65. The van der Waals surface area contributed by atoms with Gasteiger partial charge in [-0.2, -0.15) is 0 Å². The average Bonchev–Trinajstić information content (AvgIpc) is 2.89. The van der Waals surface area contributed by atoms with Crippen molar-refractivity contribution in [2.45, 2.75) is 19.5 Å². The van der Waals surface area contributed by atoms with Gasteiger partial charge in [0.25, 0.3) is 5.69 Å². The summed E-state index contributed by atoms with van der Waals surface area (Å²) < 4.78 is 0. The maximum Gasteiger partial charge on any atom is 0.269 e. The molecule has 0 bridgehead atoms. The number of aromatic nitrogens is 2. The Balaban J connectivity index is 1.96. The zero-order valence-electron chi connectivity index (χ0n) is 9.96. The summed E-state index contributed by atoms with van der Waals surface area (Å²) in [5.74, 6) is 0.865. The van der Waals surface area contributed by atoms with Crippen LogP contribution in [0.25, 0.3) is 0 Å². The molecule has 0 fully saturated rings. The van der Waals surface area contributed by atoms with Crippen LogP contribution in [0.1, 0.15) is 24.4 Å². The topological polar surface area (TPSA) is 83.8 Å². The Morgan fingerprint density at radius 2 is 2.17 bits per heavy atom. The molecule has 2 rings (SSSR count). The molecule has 2 aromatic rings. The first-order valence-electron chi connectivity index (χ1n) is 5.63. The Kier molecular flexibility index (Phi) is 3.69. The van der Waals surface area contributed by atoms with Crippen molar-refractivity contribution in [3.05, 3.63) is 58.2 Å². The van der Waals surface area contributed by atoms with Gasteiger partial charge in [0.1, 0.15) is 5.82 Å². The molecular formula is C12H14N4O2. The smallest absolute Gasteiger partial charge is 0.269 e. The lowest BCUT2D eigenvalue weighted by Gasteiger charge is -2.12. The lowest BCUT2D eigenvalue weighted by atomic mass is 10.1. The van der Waals surface area contributed by atoms with Crippen LogP contribution in [0.4, 0.5) is 5.69 Å². The summed E-state index contributed by atoms with van der Waals surface area (Å²) in [6.45, 7) is 2.63. The maximum atomic E-state index is 10.5. The molecule has 0 spiro atoms. The molecule has 1 aromatic carbocycles. The Morgan fingerprint density at radius 3 is 2.72 bits per heavy atom. The molecule has 0 aliphatic rings. The second-order valence-corrected chi connectivity index (χ2v) is 3.99. The Morgan fingerprint density at radius 1 is 1.44 bits per heavy atom. The van der Waals surface area contributed by atoms with E-state index < -0.39 is 4.92 Å². The SMILES string of the molecule is CC(NCc1ncc[nH]1)c1ccc([N+](=O)[O-])cc1. The second-order valence-electron chi connectivity index (χ2n) is 3.99. The number of rotatable bonds is 5. The van der Waals surface area contributed by atoms with E-state index in [1.807, 2.05) is 6.92 Å². The van der Waals surface area contributed by atoms with Crippen LogP contribution in [-0.2, 0) is 6.54 Å². The van der Waals surface area contributed by atoms with E-state index in [9.17, 15) is 10.1 Å². The first-order valence-corrected chi connectivity index (χ1v) is 5.63. The quantitative estimate of drug-likeness (QED) is 0.625. The summed E-state index contributed by atoms with van der Waals surface area (Å²) in [5, 5.41) is 13.8. The van der Waals surface area contributed by atoms with Gasteiger partial charge in [0.05, 0.1) is 11.5 Å². The van der Waals surface area contributed by atoms with Crippen molar-refractivity contribution >= 4 is 5.69 Å². The zero-order chi connectivity index (χ0) is 13.0. The molecular weight excluding hydrogens is 232 g/mol. The molecule has 94 valence electrons. The highest BCUT2D eigenvalue weighted by Crippen LogP contribution is 2.17. The molecule has 1 unspecified atom stereocenters. The van der Waals surface area contributed by atoms with Gasteiger partial charge in [-0.05, 0) is 12.5 Å². The van der Waals surface area contributed by atoms with E-state index in [1.165, 1.54) is 12.1 Å². The minimum Gasteiger partial charge on any atom is -0.348 e. The van der Waals surface area contributed by atoms with E-state index in [4.69, 9.17) is 0 Å². The van der Waals surface area contributed by atoms with E-state index in [0.717, 1.165) is 11.4 Å². The summed E-state index contributed by atoms with van der Waals surface area (Å²) in [5.41, 5.74) is 1.11. The molecule has 0 saturated carbocycles. The van der Waals surface area contributed by atoms with Crippen LogP contribution in [-0.4, -0.2) is 14.9 Å². The lowest BCUT2D eigenvalue weighted by molar-refractivity contribution is -0.384. The van der Waals surface area contributed by atoms with Crippen molar-refractivity contribution < 1.29 is 4.92 Å². The van der Waals surface area contributed by atoms with Crippen LogP contribution in [0, 0.1) is 10.1 Å². The molecule has 0 aliphatic heterocycles. The summed E-state index contributed by atoms with van der Waals surface area (Å²) in [6, 6.07) is 6.66. The molecule has 2 N–H and O–H groups in total. The van der Waals surface area contributed by atoms with Crippen LogP contribution in [0.5, 0.6) is 0 Å². The Labute approximate surface area is 104 Å². The number of hydrogen-bond donors (Lipinski definition) is 2. The highest BCUT2D eigenvalue weighted by Gasteiger charge is 2.08. The van der Waals surface area contributed by atoms with Crippen molar-refractivity contribution in [2.24, 2.45) is 0 Å². The molecule has 0 amide bonds. The fraction of sp³-hybridized carbons (Fsp3) is 0.250. The maximum absolute atomic E-state index is 10.5. The van der Waals surface area contributed by atoms with Crippen LogP contribution >= 0.6 is 0 Å². The zero-order valence-corrected chi connectivity index (χ0v) is 9.96. The van der Waals surface area contributed by atoms with Gasteiger partial charge in [0, 0.05) is 30.6 Å². The number of aromatic amines is 1. The van der Waals surface area contributed by atoms with Crippen molar-refractivity contribution in [1.29, 1.82) is 0 Å². The number of nitro benzene ring substituents is 1. The molecule has 1 heterocycles. The second kappa shape index (κ2) is 5.42. The summed E-state index contributed by atoms with van der Waals surface area (Å²) in [4.78, 5) is 17.3. The van der Waals surface area contributed by atoms with Gasteiger partial charge < -0.3 is 10.3 Å². The van der Waals surface area contributed by atoms with Crippen LogP contribution < -0.4 is 5.32 Å². The van der Waals surface area contributed by atoms with Gasteiger partial charge in [-0.25, -0.2) is 4.98 Å². The minimum atomic E-state index is -0.398. The number of imidazole rings is 1. The van der Waals surface area contributed by atoms with Gasteiger partial charge in [-0.1, -0.05) is 12.1 Å². The third kappa shape index (κ3) is 2.92. The third-order valence-corrected chi connectivity index (χ3v) is 2.73. The molecule has 0 radical (unpaired) electrons. The van der Waals surface area contributed by atoms with Crippen molar-refractivity contribution in [3.8, 4) is 0 Å².